The summed E-state index contributed by atoms with van der Waals surface area (Å²) in [7, 11) is 0. The van der Waals surface area contributed by atoms with Crippen LogP contribution in [0.15, 0.2) is 0 Å². The minimum Gasteiger partial charge on any atom is -0.392 e. The zero-order chi connectivity index (χ0) is 9.19. The largest absolute Gasteiger partial charge is 0.392 e. The van der Waals surface area contributed by atoms with E-state index in [0.717, 1.165) is 19.4 Å². The van der Waals surface area contributed by atoms with Crippen LogP contribution in [0.3, 0.4) is 0 Å². The molecule has 2 nitrogen and oxygen atoms in total. The maximum absolute atomic E-state index is 13.2. The maximum Gasteiger partial charge on any atom is 0.118 e. The second kappa shape index (κ2) is 3.71. The minimum absolute atomic E-state index is 0.249. The summed E-state index contributed by atoms with van der Waals surface area (Å²) in [4.78, 5) is 1.99. The van der Waals surface area contributed by atoms with Crippen molar-refractivity contribution in [2.75, 3.05) is 19.6 Å². The van der Waals surface area contributed by atoms with Crippen molar-refractivity contribution in [2.24, 2.45) is 0 Å². The molecule has 0 aromatic carbocycles. The van der Waals surface area contributed by atoms with Crippen LogP contribution < -0.4 is 0 Å². The van der Waals surface area contributed by atoms with Crippen LogP contribution in [0.4, 0.5) is 4.39 Å². The van der Waals surface area contributed by atoms with Crippen molar-refractivity contribution >= 4 is 0 Å². The van der Waals surface area contributed by atoms with Crippen LogP contribution in [0.1, 0.15) is 26.7 Å². The van der Waals surface area contributed by atoms with Gasteiger partial charge in [0.15, 0.2) is 0 Å². The third kappa shape index (κ3) is 3.50. The predicted octanol–water partition coefficient (Wildman–Crippen LogP) is 1.19. The number of aliphatic hydroxyl groups excluding tert-OH is 1. The first-order valence-corrected chi connectivity index (χ1v) is 4.57. The van der Waals surface area contributed by atoms with Crippen LogP contribution in [-0.2, 0) is 0 Å². The average Bonchev–Trinajstić information content (AvgIpc) is 1.82. The van der Waals surface area contributed by atoms with Gasteiger partial charge < -0.3 is 5.11 Å². The van der Waals surface area contributed by atoms with Gasteiger partial charge in [-0.2, -0.15) is 0 Å². The quantitative estimate of drug-likeness (QED) is 0.681. The fourth-order valence-electron chi connectivity index (χ4n) is 1.71. The Hall–Kier alpha value is -0.150. The summed E-state index contributed by atoms with van der Waals surface area (Å²) in [5, 5.41) is 9.31. The van der Waals surface area contributed by atoms with Crippen LogP contribution in [0.25, 0.3) is 0 Å². The highest BCUT2D eigenvalue weighted by Gasteiger charge is 2.24. The number of aliphatic hydroxyl groups is 1. The summed E-state index contributed by atoms with van der Waals surface area (Å²) in [5.41, 5.74) is -1.14. The van der Waals surface area contributed by atoms with Crippen molar-refractivity contribution in [2.45, 2.75) is 38.5 Å². The van der Waals surface area contributed by atoms with Crippen molar-refractivity contribution in [1.29, 1.82) is 0 Å². The van der Waals surface area contributed by atoms with Gasteiger partial charge in [-0.3, -0.25) is 4.90 Å². The number of nitrogens with zero attached hydrogens (tertiary/aromatic N) is 1. The lowest BCUT2D eigenvalue weighted by Crippen LogP contribution is -2.44. The van der Waals surface area contributed by atoms with Gasteiger partial charge >= 0.3 is 0 Å². The number of rotatable bonds is 2. The fourth-order valence-corrected chi connectivity index (χ4v) is 1.71. The molecular formula is C9H18FNO. The van der Waals surface area contributed by atoms with E-state index in [4.69, 9.17) is 0 Å². The van der Waals surface area contributed by atoms with Gasteiger partial charge in [0.05, 0.1) is 6.10 Å². The Morgan fingerprint density at radius 1 is 1.58 bits per heavy atom. The Labute approximate surface area is 73.4 Å². The molecule has 0 saturated carbocycles. The molecule has 0 bridgehead atoms. The van der Waals surface area contributed by atoms with Gasteiger partial charge in [0.1, 0.15) is 5.67 Å². The maximum atomic E-state index is 13.2. The topological polar surface area (TPSA) is 23.5 Å². The van der Waals surface area contributed by atoms with Gasteiger partial charge in [-0.05, 0) is 33.2 Å². The Morgan fingerprint density at radius 3 is 2.75 bits per heavy atom. The number of hydrogen-bond acceptors (Lipinski definition) is 2. The van der Waals surface area contributed by atoms with E-state index < -0.39 is 5.67 Å². The Morgan fingerprint density at radius 2 is 2.25 bits per heavy atom. The van der Waals surface area contributed by atoms with E-state index in [0.29, 0.717) is 13.1 Å². The van der Waals surface area contributed by atoms with Crippen LogP contribution in [0, 0.1) is 0 Å². The summed E-state index contributed by atoms with van der Waals surface area (Å²) in [6.45, 7) is 5.14. The molecule has 0 spiro atoms. The van der Waals surface area contributed by atoms with Gasteiger partial charge in [0.25, 0.3) is 0 Å². The second-order valence-corrected chi connectivity index (χ2v) is 4.25. The van der Waals surface area contributed by atoms with E-state index in [9.17, 15) is 9.50 Å². The lowest BCUT2D eigenvalue weighted by molar-refractivity contribution is 0.0398. The molecule has 1 rings (SSSR count). The molecule has 1 unspecified atom stereocenters. The van der Waals surface area contributed by atoms with Crippen molar-refractivity contribution in [3.63, 3.8) is 0 Å². The molecule has 0 amide bonds. The first kappa shape index (κ1) is 9.93. The van der Waals surface area contributed by atoms with E-state index in [-0.39, 0.29) is 6.10 Å². The lowest BCUT2D eigenvalue weighted by atomic mass is 10.1. The van der Waals surface area contributed by atoms with Crippen LogP contribution in [0.5, 0.6) is 0 Å². The molecular weight excluding hydrogens is 157 g/mol. The molecule has 1 heterocycles. The molecule has 1 aliphatic rings. The van der Waals surface area contributed by atoms with E-state index in [1.54, 1.807) is 13.8 Å². The standard InChI is InChI=1S/C9H18FNO/c1-9(2,10)7-11-5-3-4-8(12)6-11/h8,12H,3-7H2,1-2H3. The van der Waals surface area contributed by atoms with Crippen LogP contribution >= 0.6 is 0 Å². The number of alkyl halides is 1. The highest BCUT2D eigenvalue weighted by atomic mass is 19.1. The van der Waals surface area contributed by atoms with E-state index in [2.05, 4.69) is 0 Å². The van der Waals surface area contributed by atoms with Gasteiger partial charge in [-0.15, -0.1) is 0 Å². The molecule has 1 atom stereocenters. The summed E-state index contributed by atoms with van der Waals surface area (Å²) < 4.78 is 13.2. The van der Waals surface area contributed by atoms with Crippen LogP contribution in [0.2, 0.25) is 0 Å². The van der Waals surface area contributed by atoms with Crippen LogP contribution in [-0.4, -0.2) is 41.4 Å². The number of likely N-dealkylation sites (tertiary alicyclic amines) is 1. The Bertz CT molecular complexity index is 144. The molecule has 3 heteroatoms. The SMILES string of the molecule is CC(C)(F)CN1CCCC(O)C1. The zero-order valence-electron chi connectivity index (χ0n) is 7.89. The monoisotopic (exact) mass is 175 g/mol. The number of halogens is 1. The summed E-state index contributed by atoms with van der Waals surface area (Å²) in [5.74, 6) is 0. The molecule has 1 fully saturated rings. The van der Waals surface area contributed by atoms with Gasteiger partial charge in [-0.25, -0.2) is 4.39 Å². The molecule has 0 aromatic heterocycles. The number of hydrogen-bond donors (Lipinski definition) is 1. The molecule has 1 N–H and O–H groups in total. The first-order valence-electron chi connectivity index (χ1n) is 4.57. The lowest BCUT2D eigenvalue weighted by Gasteiger charge is -2.32. The van der Waals surface area contributed by atoms with Gasteiger partial charge in [-0.1, -0.05) is 0 Å². The normalized spacial score (nSPS) is 27.5. The predicted molar refractivity (Wildman–Crippen MR) is 46.9 cm³/mol. The Kier molecular flexibility index (Phi) is 3.07. The molecule has 72 valence electrons. The number of β-amino-alcohol motifs (C(OH)–C–C–N with tert-alkyl or cyclic N) is 1. The molecule has 12 heavy (non-hydrogen) atoms. The molecule has 1 aliphatic heterocycles. The first-order chi connectivity index (χ1) is 5.47. The summed E-state index contributed by atoms with van der Waals surface area (Å²) >= 11 is 0. The van der Waals surface area contributed by atoms with Crippen molar-refractivity contribution in [3.8, 4) is 0 Å². The van der Waals surface area contributed by atoms with E-state index in [1.165, 1.54) is 0 Å². The van der Waals surface area contributed by atoms with Gasteiger partial charge in [0, 0.05) is 13.1 Å². The zero-order valence-corrected chi connectivity index (χ0v) is 7.89. The van der Waals surface area contributed by atoms with Crippen molar-refractivity contribution in [1.82, 2.24) is 4.90 Å². The Balaban J connectivity index is 2.32. The highest BCUT2D eigenvalue weighted by molar-refractivity contribution is 4.78. The van der Waals surface area contributed by atoms with E-state index >= 15 is 0 Å². The van der Waals surface area contributed by atoms with E-state index in [1.807, 2.05) is 4.90 Å². The summed E-state index contributed by atoms with van der Waals surface area (Å²) in [6.07, 6.45) is 1.60. The smallest absolute Gasteiger partial charge is 0.118 e. The van der Waals surface area contributed by atoms with Gasteiger partial charge in [0.2, 0.25) is 0 Å². The molecule has 1 saturated heterocycles. The summed E-state index contributed by atoms with van der Waals surface area (Å²) in [6, 6.07) is 0. The third-order valence-corrected chi connectivity index (χ3v) is 2.08. The van der Waals surface area contributed by atoms with Crippen molar-refractivity contribution in [3.05, 3.63) is 0 Å². The molecule has 0 aromatic rings. The minimum atomic E-state index is -1.14. The number of piperidine rings is 1. The molecule has 0 radical (unpaired) electrons. The van der Waals surface area contributed by atoms with Crippen molar-refractivity contribution < 1.29 is 9.50 Å². The third-order valence-electron chi connectivity index (χ3n) is 2.08. The second-order valence-electron chi connectivity index (χ2n) is 4.25. The average molecular weight is 175 g/mol. The highest BCUT2D eigenvalue weighted by Crippen LogP contribution is 2.15. The fraction of sp³-hybridized carbons (Fsp3) is 1.00. The molecule has 0 aliphatic carbocycles.